The highest BCUT2D eigenvalue weighted by Gasteiger charge is 2.35. The van der Waals surface area contributed by atoms with E-state index in [1.54, 1.807) is 0 Å². The molecular weight excluding hydrogens is 314 g/mol. The van der Waals surface area contributed by atoms with Crippen molar-refractivity contribution in [3.05, 3.63) is 35.4 Å². The number of hydrogen-bond acceptors (Lipinski definition) is 4. The zero-order valence-corrected chi connectivity index (χ0v) is 15.1. The van der Waals surface area contributed by atoms with E-state index >= 15 is 0 Å². The molecule has 0 unspecified atom stereocenters. The lowest BCUT2D eigenvalue weighted by atomic mass is 9.90. The first-order chi connectivity index (χ1) is 12.2. The van der Waals surface area contributed by atoms with Crippen LogP contribution < -0.4 is 11.1 Å². The van der Waals surface area contributed by atoms with Gasteiger partial charge in [-0.2, -0.15) is 0 Å². The number of carbonyl (C=O) groups excluding carboxylic acids is 1. The largest absolute Gasteiger partial charge is 0.381 e. The molecule has 2 heterocycles. The van der Waals surface area contributed by atoms with Crippen molar-refractivity contribution in [2.45, 2.75) is 57.2 Å². The minimum absolute atomic E-state index is 0.0653. The van der Waals surface area contributed by atoms with Crippen molar-refractivity contribution >= 4 is 5.91 Å². The molecule has 0 radical (unpaired) electrons. The topological polar surface area (TPSA) is 67.6 Å². The molecule has 1 aromatic rings. The van der Waals surface area contributed by atoms with Crippen LogP contribution in [0, 0.1) is 0 Å². The summed E-state index contributed by atoms with van der Waals surface area (Å²) < 4.78 is 5.30. The van der Waals surface area contributed by atoms with Gasteiger partial charge in [-0.1, -0.05) is 37.1 Å². The van der Waals surface area contributed by atoms with Gasteiger partial charge >= 0.3 is 0 Å². The molecule has 0 aliphatic carbocycles. The summed E-state index contributed by atoms with van der Waals surface area (Å²) in [6, 6.07) is 8.58. The number of amides is 1. The number of likely N-dealkylation sites (tertiary alicyclic amines) is 1. The molecular formula is C20H31N3O2. The number of ether oxygens (including phenoxy) is 1. The molecule has 2 fully saturated rings. The van der Waals surface area contributed by atoms with Gasteiger partial charge in [-0.05, 0) is 49.9 Å². The van der Waals surface area contributed by atoms with Crippen LogP contribution in [0.4, 0.5) is 0 Å². The summed E-state index contributed by atoms with van der Waals surface area (Å²) in [5.41, 5.74) is 7.90. The first kappa shape index (κ1) is 18.4. The average molecular weight is 345 g/mol. The number of rotatable bonds is 5. The molecule has 0 atom stereocenters. The molecule has 3 rings (SSSR count). The average Bonchev–Trinajstić information content (AvgIpc) is 2.90. The number of hydrogen-bond donors (Lipinski definition) is 2. The van der Waals surface area contributed by atoms with E-state index in [0.717, 1.165) is 12.1 Å². The molecule has 0 spiro atoms. The molecule has 0 saturated carbocycles. The molecule has 5 heteroatoms. The fourth-order valence-corrected chi connectivity index (χ4v) is 3.64. The summed E-state index contributed by atoms with van der Waals surface area (Å²) in [6.07, 6.45) is 6.54. The lowest BCUT2D eigenvalue weighted by Gasteiger charge is -2.31. The molecule has 2 saturated heterocycles. The number of nitrogens with one attached hydrogen (secondary N) is 1. The molecule has 5 nitrogen and oxygen atoms in total. The minimum Gasteiger partial charge on any atom is -0.381 e. The van der Waals surface area contributed by atoms with Gasteiger partial charge in [-0.15, -0.1) is 0 Å². The summed E-state index contributed by atoms with van der Waals surface area (Å²) in [6.45, 7) is 5.10. The van der Waals surface area contributed by atoms with Crippen LogP contribution in [-0.2, 0) is 22.6 Å². The second-order valence-electron chi connectivity index (χ2n) is 7.46. The Balaban J connectivity index is 1.48. The van der Waals surface area contributed by atoms with Gasteiger partial charge in [0.25, 0.3) is 0 Å². The van der Waals surface area contributed by atoms with Gasteiger partial charge < -0.3 is 15.8 Å². The van der Waals surface area contributed by atoms with Crippen LogP contribution in [0.2, 0.25) is 0 Å². The van der Waals surface area contributed by atoms with E-state index in [-0.39, 0.29) is 5.91 Å². The molecule has 25 heavy (non-hydrogen) atoms. The van der Waals surface area contributed by atoms with Gasteiger partial charge in [0.1, 0.15) is 0 Å². The Hall–Kier alpha value is -1.43. The van der Waals surface area contributed by atoms with Gasteiger partial charge in [0.05, 0.1) is 5.54 Å². The molecule has 1 aromatic carbocycles. The van der Waals surface area contributed by atoms with E-state index < -0.39 is 5.54 Å². The van der Waals surface area contributed by atoms with E-state index in [1.165, 1.54) is 44.3 Å². The maximum Gasteiger partial charge on any atom is 0.240 e. The highest BCUT2D eigenvalue weighted by atomic mass is 16.5. The van der Waals surface area contributed by atoms with Crippen molar-refractivity contribution in [1.82, 2.24) is 10.2 Å². The smallest absolute Gasteiger partial charge is 0.240 e. The van der Waals surface area contributed by atoms with Crippen LogP contribution in [0.5, 0.6) is 0 Å². The molecule has 138 valence electrons. The van der Waals surface area contributed by atoms with Crippen molar-refractivity contribution in [2.24, 2.45) is 5.73 Å². The van der Waals surface area contributed by atoms with Crippen LogP contribution in [0.15, 0.2) is 24.3 Å². The SMILES string of the molecule is NC1(C(=O)NCc2ccc(CN3CCCCCC3)cc2)CCOCC1. The monoisotopic (exact) mass is 345 g/mol. The third kappa shape index (κ3) is 5.27. The van der Waals surface area contributed by atoms with E-state index in [2.05, 4.69) is 34.5 Å². The molecule has 2 aliphatic rings. The molecule has 0 aromatic heterocycles. The summed E-state index contributed by atoms with van der Waals surface area (Å²) in [7, 11) is 0. The quantitative estimate of drug-likeness (QED) is 0.858. The Bertz CT molecular complexity index is 545. The van der Waals surface area contributed by atoms with Crippen molar-refractivity contribution < 1.29 is 9.53 Å². The van der Waals surface area contributed by atoms with Crippen LogP contribution in [0.1, 0.15) is 49.7 Å². The van der Waals surface area contributed by atoms with E-state index in [4.69, 9.17) is 10.5 Å². The fourth-order valence-electron chi connectivity index (χ4n) is 3.64. The number of nitrogens with zero attached hydrogens (tertiary/aromatic N) is 1. The second kappa shape index (κ2) is 8.79. The first-order valence-electron chi connectivity index (χ1n) is 9.61. The summed E-state index contributed by atoms with van der Waals surface area (Å²) in [5, 5.41) is 2.99. The van der Waals surface area contributed by atoms with Gasteiger partial charge in [0.2, 0.25) is 5.91 Å². The third-order valence-electron chi connectivity index (χ3n) is 5.42. The van der Waals surface area contributed by atoms with E-state index in [0.29, 0.717) is 32.6 Å². The highest BCUT2D eigenvalue weighted by molar-refractivity contribution is 5.86. The Labute approximate surface area is 150 Å². The molecule has 3 N–H and O–H groups in total. The standard InChI is InChI=1S/C20H31N3O2/c21-20(9-13-25-14-10-20)19(24)22-15-17-5-7-18(8-6-17)16-23-11-3-1-2-4-12-23/h5-8H,1-4,9-16,21H2,(H,22,24). The van der Waals surface area contributed by atoms with Crippen LogP contribution in [-0.4, -0.2) is 42.6 Å². The Morgan fingerprint density at radius 1 is 1.04 bits per heavy atom. The fraction of sp³-hybridized carbons (Fsp3) is 0.650. The Morgan fingerprint density at radius 3 is 2.28 bits per heavy atom. The maximum atomic E-state index is 12.4. The van der Waals surface area contributed by atoms with Gasteiger partial charge in [-0.25, -0.2) is 0 Å². The van der Waals surface area contributed by atoms with Crippen LogP contribution in [0.25, 0.3) is 0 Å². The summed E-state index contributed by atoms with van der Waals surface area (Å²) in [4.78, 5) is 14.9. The van der Waals surface area contributed by atoms with Crippen LogP contribution >= 0.6 is 0 Å². The third-order valence-corrected chi connectivity index (χ3v) is 5.42. The summed E-state index contributed by atoms with van der Waals surface area (Å²) >= 11 is 0. The number of benzene rings is 1. The van der Waals surface area contributed by atoms with E-state index in [9.17, 15) is 4.79 Å². The van der Waals surface area contributed by atoms with Gasteiger partial charge in [0, 0.05) is 26.3 Å². The normalized spacial score (nSPS) is 21.5. The minimum atomic E-state index is -0.773. The maximum absolute atomic E-state index is 12.4. The summed E-state index contributed by atoms with van der Waals surface area (Å²) in [5.74, 6) is -0.0653. The Morgan fingerprint density at radius 2 is 1.64 bits per heavy atom. The zero-order valence-electron chi connectivity index (χ0n) is 15.1. The molecule has 2 aliphatic heterocycles. The lowest BCUT2D eigenvalue weighted by Crippen LogP contribution is -2.56. The second-order valence-corrected chi connectivity index (χ2v) is 7.46. The first-order valence-corrected chi connectivity index (χ1v) is 9.61. The highest BCUT2D eigenvalue weighted by Crippen LogP contribution is 2.18. The van der Waals surface area contributed by atoms with Gasteiger partial charge in [-0.3, -0.25) is 9.69 Å². The predicted molar refractivity (Wildman–Crippen MR) is 99.0 cm³/mol. The predicted octanol–water partition coefficient (Wildman–Crippen LogP) is 2.19. The zero-order chi connectivity index (χ0) is 17.5. The van der Waals surface area contributed by atoms with Crippen molar-refractivity contribution in [3.8, 4) is 0 Å². The van der Waals surface area contributed by atoms with Crippen molar-refractivity contribution in [3.63, 3.8) is 0 Å². The number of nitrogens with two attached hydrogens (primary N) is 1. The molecule has 1 amide bonds. The molecule has 0 bridgehead atoms. The van der Waals surface area contributed by atoms with Crippen molar-refractivity contribution in [2.75, 3.05) is 26.3 Å². The van der Waals surface area contributed by atoms with Crippen LogP contribution in [0.3, 0.4) is 0 Å². The van der Waals surface area contributed by atoms with Crippen molar-refractivity contribution in [1.29, 1.82) is 0 Å². The van der Waals surface area contributed by atoms with Gasteiger partial charge in [0.15, 0.2) is 0 Å². The van der Waals surface area contributed by atoms with E-state index in [1.807, 2.05) is 0 Å². The number of carbonyl (C=O) groups is 1. The Kier molecular flexibility index (Phi) is 6.45. The lowest BCUT2D eigenvalue weighted by molar-refractivity contribution is -0.129.